The van der Waals surface area contributed by atoms with Gasteiger partial charge < -0.3 is 9.52 Å². The molecule has 2 atom stereocenters. The topological polar surface area (TPSA) is 53.7 Å². The second kappa shape index (κ2) is 6.59. The van der Waals surface area contributed by atoms with Crippen LogP contribution in [0, 0.1) is 19.8 Å². The molecule has 2 heterocycles. The van der Waals surface area contributed by atoms with Gasteiger partial charge in [-0.05, 0) is 56.5 Å². The van der Waals surface area contributed by atoms with Crippen molar-refractivity contribution in [3.63, 3.8) is 0 Å². The van der Waals surface area contributed by atoms with E-state index in [1.54, 1.807) is 6.26 Å². The summed E-state index contributed by atoms with van der Waals surface area (Å²) >= 11 is 0. The third-order valence-corrected chi connectivity index (χ3v) is 4.71. The molecular weight excluding hydrogens is 290 g/mol. The molecule has 1 aliphatic heterocycles. The summed E-state index contributed by atoms with van der Waals surface area (Å²) in [5, 5.41) is 9.39. The first-order chi connectivity index (χ1) is 11.1. The minimum Gasteiger partial charge on any atom is -0.481 e. The van der Waals surface area contributed by atoms with Gasteiger partial charge in [0, 0.05) is 6.54 Å². The maximum Gasteiger partial charge on any atom is 0.307 e. The van der Waals surface area contributed by atoms with Gasteiger partial charge in [0.1, 0.15) is 5.76 Å². The molecule has 4 nitrogen and oxygen atoms in total. The van der Waals surface area contributed by atoms with Crippen molar-refractivity contribution in [3.05, 3.63) is 59.0 Å². The first-order valence-electron chi connectivity index (χ1n) is 8.13. The van der Waals surface area contributed by atoms with Crippen LogP contribution in [0.2, 0.25) is 0 Å². The normalized spacial score (nSPS) is 20.3. The summed E-state index contributed by atoms with van der Waals surface area (Å²) < 4.78 is 5.70. The second-order valence-electron chi connectivity index (χ2n) is 6.45. The van der Waals surface area contributed by atoms with E-state index >= 15 is 0 Å². The number of benzene rings is 1. The Balaban J connectivity index is 1.99. The highest BCUT2D eigenvalue weighted by atomic mass is 16.4. The summed E-state index contributed by atoms with van der Waals surface area (Å²) in [6.45, 7) is 5.64. The zero-order valence-electron chi connectivity index (χ0n) is 13.7. The zero-order chi connectivity index (χ0) is 16.4. The minimum atomic E-state index is -0.700. The predicted molar refractivity (Wildman–Crippen MR) is 88.4 cm³/mol. The Morgan fingerprint density at radius 3 is 2.87 bits per heavy atom. The molecule has 0 bridgehead atoms. The summed E-state index contributed by atoms with van der Waals surface area (Å²) in [4.78, 5) is 13.7. The Morgan fingerprint density at radius 2 is 2.17 bits per heavy atom. The first kappa shape index (κ1) is 15.8. The van der Waals surface area contributed by atoms with Crippen LogP contribution in [0.25, 0.3) is 0 Å². The van der Waals surface area contributed by atoms with E-state index in [2.05, 4.69) is 36.9 Å². The fourth-order valence-corrected chi connectivity index (χ4v) is 3.47. The lowest BCUT2D eigenvalue weighted by Crippen LogP contribution is -2.41. The molecule has 0 amide bonds. The molecule has 23 heavy (non-hydrogen) atoms. The van der Waals surface area contributed by atoms with Crippen LogP contribution in [0.3, 0.4) is 0 Å². The Kier molecular flexibility index (Phi) is 4.53. The molecule has 1 aromatic carbocycles. The lowest BCUT2D eigenvalue weighted by Gasteiger charge is -2.37. The van der Waals surface area contributed by atoms with E-state index in [0.29, 0.717) is 6.54 Å². The van der Waals surface area contributed by atoms with Gasteiger partial charge in [-0.25, -0.2) is 0 Å². The molecule has 4 heteroatoms. The molecule has 2 aromatic rings. The highest BCUT2D eigenvalue weighted by Crippen LogP contribution is 2.34. The van der Waals surface area contributed by atoms with Gasteiger partial charge >= 0.3 is 5.97 Å². The van der Waals surface area contributed by atoms with Crippen molar-refractivity contribution < 1.29 is 14.3 Å². The Bertz CT molecular complexity index is 678. The number of hydrogen-bond donors (Lipinski definition) is 1. The Hall–Kier alpha value is -2.07. The van der Waals surface area contributed by atoms with Crippen molar-refractivity contribution in [1.29, 1.82) is 0 Å². The van der Waals surface area contributed by atoms with Crippen LogP contribution in [0.4, 0.5) is 0 Å². The van der Waals surface area contributed by atoms with Crippen molar-refractivity contribution in [2.75, 3.05) is 13.1 Å². The fourth-order valence-electron chi connectivity index (χ4n) is 3.47. The molecule has 0 spiro atoms. The van der Waals surface area contributed by atoms with Crippen LogP contribution < -0.4 is 0 Å². The van der Waals surface area contributed by atoms with E-state index in [0.717, 1.165) is 25.1 Å². The highest BCUT2D eigenvalue weighted by molar-refractivity contribution is 5.70. The van der Waals surface area contributed by atoms with Crippen molar-refractivity contribution in [1.82, 2.24) is 4.90 Å². The number of aryl methyl sites for hydroxylation is 2. The highest BCUT2D eigenvalue weighted by Gasteiger charge is 2.33. The summed E-state index contributed by atoms with van der Waals surface area (Å²) in [5.74, 6) is -0.120. The number of likely N-dealkylation sites (tertiary alicyclic amines) is 1. The van der Waals surface area contributed by atoms with E-state index in [1.807, 2.05) is 12.1 Å². The molecule has 0 aliphatic carbocycles. The number of piperidine rings is 1. The van der Waals surface area contributed by atoms with E-state index in [1.165, 1.54) is 16.7 Å². The van der Waals surface area contributed by atoms with E-state index in [9.17, 15) is 9.90 Å². The van der Waals surface area contributed by atoms with Gasteiger partial charge in [-0.3, -0.25) is 9.69 Å². The van der Waals surface area contributed by atoms with Gasteiger partial charge in [-0.15, -0.1) is 0 Å². The number of carbonyl (C=O) groups is 1. The standard InChI is InChI=1S/C19H23NO3/c1-13-7-8-14(2)16(11-13)18(17-6-4-10-23-17)20-9-3-5-15(12-20)19(21)22/h4,6-8,10-11,15,18H,3,5,9,12H2,1-2H3,(H,21,22). The molecule has 1 aromatic heterocycles. The van der Waals surface area contributed by atoms with E-state index < -0.39 is 5.97 Å². The number of nitrogens with zero attached hydrogens (tertiary/aromatic N) is 1. The van der Waals surface area contributed by atoms with Crippen LogP contribution in [0.5, 0.6) is 0 Å². The minimum absolute atomic E-state index is 0.0213. The second-order valence-corrected chi connectivity index (χ2v) is 6.45. The molecule has 1 fully saturated rings. The summed E-state index contributed by atoms with van der Waals surface area (Å²) in [5.41, 5.74) is 3.61. The van der Waals surface area contributed by atoms with Gasteiger partial charge in [-0.2, -0.15) is 0 Å². The number of carboxylic acids is 1. The van der Waals surface area contributed by atoms with Crippen LogP contribution >= 0.6 is 0 Å². The average Bonchev–Trinajstić information content (AvgIpc) is 3.05. The van der Waals surface area contributed by atoms with Crippen molar-refractivity contribution in [2.24, 2.45) is 5.92 Å². The fraction of sp³-hybridized carbons (Fsp3) is 0.421. The molecular formula is C19H23NO3. The summed E-state index contributed by atoms with van der Waals surface area (Å²) in [6, 6.07) is 10.3. The molecule has 0 saturated carbocycles. The molecule has 122 valence electrons. The third-order valence-electron chi connectivity index (χ3n) is 4.71. The third kappa shape index (κ3) is 3.32. The lowest BCUT2D eigenvalue weighted by atomic mass is 9.91. The average molecular weight is 313 g/mol. The van der Waals surface area contributed by atoms with Crippen molar-refractivity contribution in [3.8, 4) is 0 Å². The molecule has 1 saturated heterocycles. The smallest absolute Gasteiger partial charge is 0.307 e. The van der Waals surface area contributed by atoms with Gasteiger partial charge in [0.2, 0.25) is 0 Å². The zero-order valence-corrected chi connectivity index (χ0v) is 13.7. The van der Waals surface area contributed by atoms with Crippen LogP contribution in [-0.4, -0.2) is 29.1 Å². The van der Waals surface area contributed by atoms with Gasteiger partial charge in [0.25, 0.3) is 0 Å². The Morgan fingerprint density at radius 1 is 1.35 bits per heavy atom. The monoisotopic (exact) mass is 313 g/mol. The van der Waals surface area contributed by atoms with Crippen molar-refractivity contribution in [2.45, 2.75) is 32.7 Å². The molecule has 2 unspecified atom stereocenters. The van der Waals surface area contributed by atoms with Gasteiger partial charge in [-0.1, -0.05) is 23.8 Å². The number of aliphatic carboxylic acids is 1. The molecule has 1 N–H and O–H groups in total. The summed E-state index contributed by atoms with van der Waals surface area (Å²) in [7, 11) is 0. The van der Waals surface area contributed by atoms with Gasteiger partial charge in [0.05, 0.1) is 18.2 Å². The number of furan rings is 1. The Labute approximate surface area is 136 Å². The summed E-state index contributed by atoms with van der Waals surface area (Å²) in [6.07, 6.45) is 3.34. The number of hydrogen-bond acceptors (Lipinski definition) is 3. The SMILES string of the molecule is Cc1ccc(C)c(C(c2ccco2)N2CCCC(C(=O)O)C2)c1. The van der Waals surface area contributed by atoms with E-state index in [4.69, 9.17) is 4.42 Å². The van der Waals surface area contributed by atoms with E-state index in [-0.39, 0.29) is 12.0 Å². The maximum atomic E-state index is 11.4. The maximum absolute atomic E-state index is 11.4. The molecule has 3 rings (SSSR count). The largest absolute Gasteiger partial charge is 0.481 e. The quantitative estimate of drug-likeness (QED) is 0.933. The predicted octanol–water partition coefficient (Wildman–Crippen LogP) is 3.78. The van der Waals surface area contributed by atoms with Crippen LogP contribution in [-0.2, 0) is 4.79 Å². The number of carboxylic acid groups (broad SMARTS) is 1. The number of rotatable bonds is 4. The molecule has 1 aliphatic rings. The van der Waals surface area contributed by atoms with Gasteiger partial charge in [0.15, 0.2) is 0 Å². The first-order valence-corrected chi connectivity index (χ1v) is 8.13. The van der Waals surface area contributed by atoms with Crippen LogP contribution in [0.1, 0.15) is 41.3 Å². The lowest BCUT2D eigenvalue weighted by molar-refractivity contribution is -0.143. The molecule has 0 radical (unpaired) electrons. The van der Waals surface area contributed by atoms with Crippen LogP contribution in [0.15, 0.2) is 41.0 Å². The van der Waals surface area contributed by atoms with Crippen molar-refractivity contribution >= 4 is 5.97 Å².